The van der Waals surface area contributed by atoms with Crippen LogP contribution < -0.4 is 0 Å². The van der Waals surface area contributed by atoms with Gasteiger partial charge in [0, 0.05) is 19.7 Å². The van der Waals surface area contributed by atoms with Crippen LogP contribution >= 0.6 is 12.4 Å². The Hall–Kier alpha value is -0.130. The fourth-order valence-electron chi connectivity index (χ4n) is 0.973. The first kappa shape index (κ1) is 16.3. The van der Waals surface area contributed by atoms with Crippen molar-refractivity contribution >= 4 is 12.4 Å². The Morgan fingerprint density at radius 3 is 2.64 bits per heavy atom. The van der Waals surface area contributed by atoms with Crippen LogP contribution in [0.3, 0.4) is 0 Å². The first-order valence-electron chi connectivity index (χ1n) is 4.40. The predicted octanol–water partition coefficient (Wildman–Crippen LogP) is 0.243. The minimum atomic E-state index is -1.25. The first-order valence-corrected chi connectivity index (χ1v) is 4.40. The number of halogens is 1. The highest BCUT2D eigenvalue weighted by molar-refractivity contribution is 5.85. The normalized spacial score (nSPS) is 10.4. The van der Waals surface area contributed by atoms with E-state index in [1.54, 1.807) is 6.08 Å². The van der Waals surface area contributed by atoms with Gasteiger partial charge in [-0.1, -0.05) is 6.08 Å². The molecule has 0 spiro atoms. The van der Waals surface area contributed by atoms with E-state index in [0.717, 1.165) is 13.0 Å². The lowest BCUT2D eigenvalue weighted by molar-refractivity contribution is -0.0579. The number of ether oxygens (including phenoxy) is 1. The Bertz CT molecular complexity index is 133. The molecule has 0 aliphatic carbocycles. The molecule has 0 radical (unpaired) electrons. The molecule has 14 heavy (non-hydrogen) atoms. The summed E-state index contributed by atoms with van der Waals surface area (Å²) in [4.78, 5) is 1.85. The highest BCUT2D eigenvalue weighted by Crippen LogP contribution is 1.90. The zero-order valence-corrected chi connectivity index (χ0v) is 9.37. The molecule has 0 amide bonds. The summed E-state index contributed by atoms with van der Waals surface area (Å²) in [5, 5.41) is 17.3. The van der Waals surface area contributed by atoms with Gasteiger partial charge in [-0.05, 0) is 13.5 Å². The number of aliphatic hydroxyl groups is 2. The van der Waals surface area contributed by atoms with E-state index < -0.39 is 6.29 Å². The van der Waals surface area contributed by atoms with Crippen LogP contribution in [0, 0.1) is 0 Å². The maximum Gasteiger partial charge on any atom is 0.164 e. The lowest BCUT2D eigenvalue weighted by Crippen LogP contribution is -2.30. The minimum Gasteiger partial charge on any atom is -0.377 e. The van der Waals surface area contributed by atoms with Crippen molar-refractivity contribution in [1.82, 2.24) is 4.90 Å². The molecule has 0 aliphatic heterocycles. The topological polar surface area (TPSA) is 52.9 Å². The molecule has 86 valence electrons. The smallest absolute Gasteiger partial charge is 0.164 e. The van der Waals surface area contributed by atoms with E-state index in [4.69, 9.17) is 14.9 Å². The minimum absolute atomic E-state index is 0. The van der Waals surface area contributed by atoms with E-state index in [1.165, 1.54) is 0 Å². The van der Waals surface area contributed by atoms with Crippen LogP contribution in [0.5, 0.6) is 0 Å². The summed E-state index contributed by atoms with van der Waals surface area (Å²) in [6.45, 7) is 5.87. The van der Waals surface area contributed by atoms with E-state index in [-0.39, 0.29) is 19.0 Å². The molecule has 0 aromatic carbocycles. The quantitative estimate of drug-likeness (QED) is 0.353. The van der Waals surface area contributed by atoms with E-state index >= 15 is 0 Å². The SMILES string of the molecule is C=CCOCCCN(C)CC(O)O.Cl. The monoisotopic (exact) mass is 225 g/mol. The molecule has 0 atom stereocenters. The number of likely N-dealkylation sites (N-methyl/N-ethyl adjacent to an activating group) is 1. The Morgan fingerprint density at radius 2 is 2.14 bits per heavy atom. The summed E-state index contributed by atoms with van der Waals surface area (Å²) in [5.41, 5.74) is 0. The van der Waals surface area contributed by atoms with Gasteiger partial charge >= 0.3 is 0 Å². The second kappa shape index (κ2) is 10.9. The number of hydrogen-bond donors (Lipinski definition) is 2. The maximum atomic E-state index is 8.63. The van der Waals surface area contributed by atoms with Gasteiger partial charge in [0.1, 0.15) is 0 Å². The average molecular weight is 226 g/mol. The molecule has 5 heteroatoms. The van der Waals surface area contributed by atoms with Crippen molar-refractivity contribution in [3.63, 3.8) is 0 Å². The van der Waals surface area contributed by atoms with Gasteiger partial charge < -0.3 is 19.8 Å². The van der Waals surface area contributed by atoms with E-state index in [9.17, 15) is 0 Å². The van der Waals surface area contributed by atoms with Crippen molar-refractivity contribution in [3.05, 3.63) is 12.7 Å². The van der Waals surface area contributed by atoms with Crippen LogP contribution in [0.15, 0.2) is 12.7 Å². The molecule has 0 unspecified atom stereocenters. The number of nitrogens with zero attached hydrogens (tertiary/aromatic N) is 1. The number of aliphatic hydroxyl groups excluding tert-OH is 1. The van der Waals surface area contributed by atoms with Gasteiger partial charge in [0.05, 0.1) is 6.61 Å². The highest BCUT2D eigenvalue weighted by atomic mass is 35.5. The first-order chi connectivity index (χ1) is 6.16. The van der Waals surface area contributed by atoms with Gasteiger partial charge in [0.2, 0.25) is 0 Å². The van der Waals surface area contributed by atoms with E-state index in [0.29, 0.717) is 13.2 Å². The molecule has 0 saturated heterocycles. The third-order valence-electron chi connectivity index (χ3n) is 1.54. The Morgan fingerprint density at radius 1 is 1.50 bits per heavy atom. The molecular formula is C9H20ClNO3. The van der Waals surface area contributed by atoms with Gasteiger partial charge in [-0.2, -0.15) is 0 Å². The second-order valence-electron chi connectivity index (χ2n) is 2.96. The molecule has 0 fully saturated rings. The second-order valence-corrected chi connectivity index (χ2v) is 2.96. The summed E-state index contributed by atoms with van der Waals surface area (Å²) in [7, 11) is 1.84. The summed E-state index contributed by atoms with van der Waals surface area (Å²) in [6.07, 6.45) is 1.34. The summed E-state index contributed by atoms with van der Waals surface area (Å²) < 4.78 is 5.17. The Balaban J connectivity index is 0. The molecule has 2 N–H and O–H groups in total. The van der Waals surface area contributed by atoms with Crippen molar-refractivity contribution in [2.45, 2.75) is 12.7 Å². The summed E-state index contributed by atoms with van der Waals surface area (Å²) in [6, 6.07) is 0. The molecule has 0 bridgehead atoms. The third-order valence-corrected chi connectivity index (χ3v) is 1.54. The van der Waals surface area contributed by atoms with Crippen molar-refractivity contribution in [1.29, 1.82) is 0 Å². The van der Waals surface area contributed by atoms with E-state index in [1.807, 2.05) is 11.9 Å². The largest absolute Gasteiger partial charge is 0.377 e. The van der Waals surface area contributed by atoms with Crippen molar-refractivity contribution in [3.8, 4) is 0 Å². The maximum absolute atomic E-state index is 8.63. The van der Waals surface area contributed by atoms with Crippen molar-refractivity contribution < 1.29 is 14.9 Å². The zero-order chi connectivity index (χ0) is 10.1. The van der Waals surface area contributed by atoms with Crippen LogP contribution in [0.1, 0.15) is 6.42 Å². The number of hydrogen-bond acceptors (Lipinski definition) is 4. The molecule has 0 saturated carbocycles. The lowest BCUT2D eigenvalue weighted by atomic mass is 10.4. The third kappa shape index (κ3) is 11.9. The number of rotatable bonds is 8. The lowest BCUT2D eigenvalue weighted by Gasteiger charge is -2.16. The van der Waals surface area contributed by atoms with Crippen LogP contribution in [0.4, 0.5) is 0 Å². The fraction of sp³-hybridized carbons (Fsp3) is 0.778. The molecule has 0 aliphatic rings. The Labute approximate surface area is 91.6 Å². The molecule has 0 aromatic heterocycles. The van der Waals surface area contributed by atoms with E-state index in [2.05, 4.69) is 6.58 Å². The molecule has 4 nitrogen and oxygen atoms in total. The van der Waals surface area contributed by atoms with Crippen LogP contribution in [-0.4, -0.2) is 54.8 Å². The predicted molar refractivity (Wildman–Crippen MR) is 58.6 cm³/mol. The molecule has 0 rings (SSSR count). The highest BCUT2D eigenvalue weighted by Gasteiger charge is 2.02. The van der Waals surface area contributed by atoms with Gasteiger partial charge in [-0.25, -0.2) is 0 Å². The Kier molecular flexibility index (Phi) is 12.8. The van der Waals surface area contributed by atoms with Gasteiger partial charge in [0.25, 0.3) is 0 Å². The van der Waals surface area contributed by atoms with Crippen molar-refractivity contribution in [2.24, 2.45) is 0 Å². The van der Waals surface area contributed by atoms with Gasteiger partial charge in [-0.15, -0.1) is 19.0 Å². The molecular weight excluding hydrogens is 206 g/mol. The van der Waals surface area contributed by atoms with Crippen LogP contribution in [0.25, 0.3) is 0 Å². The van der Waals surface area contributed by atoms with Crippen LogP contribution in [0.2, 0.25) is 0 Å². The van der Waals surface area contributed by atoms with Gasteiger partial charge in [-0.3, -0.25) is 0 Å². The zero-order valence-electron chi connectivity index (χ0n) is 8.56. The van der Waals surface area contributed by atoms with Crippen LogP contribution in [-0.2, 0) is 4.74 Å². The summed E-state index contributed by atoms with van der Waals surface area (Å²) in [5.74, 6) is 0. The average Bonchev–Trinajstić information content (AvgIpc) is 2.02. The standard InChI is InChI=1S/C9H19NO3.ClH/c1-3-6-13-7-4-5-10(2)8-9(11)12;/h3,9,11-12H,1,4-8H2,2H3;1H. The molecule has 0 heterocycles. The fourth-order valence-corrected chi connectivity index (χ4v) is 0.973. The summed E-state index contributed by atoms with van der Waals surface area (Å²) >= 11 is 0. The van der Waals surface area contributed by atoms with Gasteiger partial charge in [0.15, 0.2) is 6.29 Å². The van der Waals surface area contributed by atoms with Crippen molar-refractivity contribution in [2.75, 3.05) is 33.4 Å². The molecule has 0 aromatic rings.